The minimum atomic E-state index is -4.24. The fourth-order valence-electron chi connectivity index (χ4n) is 3.46. The number of nitrogens with zero attached hydrogens (tertiary/aromatic N) is 4. The highest BCUT2D eigenvalue weighted by molar-refractivity contribution is 7.47. The fraction of sp³-hybridized carbons (Fsp3) is 0.294. The number of aliphatic hydroxyl groups is 1. The molecule has 0 aliphatic carbocycles. The zero-order chi connectivity index (χ0) is 20.9. The van der Waals surface area contributed by atoms with Gasteiger partial charge in [0.1, 0.15) is 24.6 Å². The van der Waals surface area contributed by atoms with E-state index in [1.807, 2.05) is 0 Å². The topological polar surface area (TPSA) is 158 Å². The number of nitrogens with one attached hydrogen (secondary N) is 1. The summed E-state index contributed by atoms with van der Waals surface area (Å²) < 4.78 is 28.6. The van der Waals surface area contributed by atoms with Gasteiger partial charge in [-0.1, -0.05) is 18.2 Å². The second kappa shape index (κ2) is 7.20. The van der Waals surface area contributed by atoms with Crippen LogP contribution in [0.15, 0.2) is 43.0 Å². The van der Waals surface area contributed by atoms with Crippen molar-refractivity contribution in [1.29, 1.82) is 0 Å². The molecule has 5 rings (SSSR count). The fourth-order valence-corrected chi connectivity index (χ4v) is 4.43. The number of aliphatic hydroxyl groups excluding tert-OH is 1. The van der Waals surface area contributed by atoms with Crippen LogP contribution in [0.5, 0.6) is 0 Å². The van der Waals surface area contributed by atoms with Crippen LogP contribution in [0.3, 0.4) is 0 Å². The van der Waals surface area contributed by atoms with Crippen LogP contribution in [0.4, 0.5) is 5.82 Å². The molecule has 3 N–H and O–H groups in total. The van der Waals surface area contributed by atoms with Crippen LogP contribution >= 0.6 is 7.82 Å². The third-order valence-corrected chi connectivity index (χ3v) is 5.85. The van der Waals surface area contributed by atoms with Crippen LogP contribution in [-0.2, 0) is 18.3 Å². The molecule has 2 unspecified atom stereocenters. The van der Waals surface area contributed by atoms with Gasteiger partial charge >= 0.3 is 7.82 Å². The van der Waals surface area contributed by atoms with Crippen molar-refractivity contribution in [1.82, 2.24) is 19.5 Å². The van der Waals surface area contributed by atoms with E-state index in [1.165, 1.54) is 17.2 Å². The van der Waals surface area contributed by atoms with Crippen LogP contribution in [0.25, 0.3) is 11.2 Å². The number of fused-ring (bicyclic) bond motifs is 2. The lowest BCUT2D eigenvalue weighted by molar-refractivity contribution is -0.0664. The Morgan fingerprint density at radius 2 is 2.03 bits per heavy atom. The van der Waals surface area contributed by atoms with Crippen molar-refractivity contribution < 1.29 is 33.1 Å². The largest absolute Gasteiger partial charge is 0.472 e. The number of hydrogen-bond donors (Lipinski definition) is 3. The molecule has 1 amide bonds. The second-order valence-electron chi connectivity index (χ2n) is 6.76. The molecular weight excluding hydrogens is 417 g/mol. The first-order valence-corrected chi connectivity index (χ1v) is 10.5. The Bertz CT molecular complexity index is 1160. The summed E-state index contributed by atoms with van der Waals surface area (Å²) in [5.41, 5.74) is 1.04. The second-order valence-corrected chi connectivity index (χ2v) is 8.16. The van der Waals surface area contributed by atoms with Crippen molar-refractivity contribution in [2.45, 2.75) is 24.5 Å². The van der Waals surface area contributed by atoms with Gasteiger partial charge in [-0.15, -0.1) is 0 Å². The first-order valence-electron chi connectivity index (χ1n) is 8.96. The van der Waals surface area contributed by atoms with Gasteiger partial charge < -0.3 is 20.1 Å². The standard InChI is InChI=1S/C17H16N5O7P/c23-12-13-10(6-27-30(25,26)29-13)28-17(12)22-8-20-11-14(18-7-19-15(11)22)21-16(24)9-4-2-1-3-5-9/h1-5,7-8,10,12-13,17,23H,6H2,(H,25,26)(H,18,19,21,24)/t10-,12+,13?,17-/m1/s1. The Kier molecular flexibility index (Phi) is 4.62. The smallest absolute Gasteiger partial charge is 0.386 e. The monoisotopic (exact) mass is 433 g/mol. The summed E-state index contributed by atoms with van der Waals surface area (Å²) in [4.78, 5) is 34.5. The molecule has 2 aliphatic heterocycles. The lowest BCUT2D eigenvalue weighted by atomic mass is 10.1. The summed E-state index contributed by atoms with van der Waals surface area (Å²) in [6, 6.07) is 8.62. The van der Waals surface area contributed by atoms with E-state index in [1.54, 1.807) is 30.3 Å². The first kappa shape index (κ1) is 19.2. The summed E-state index contributed by atoms with van der Waals surface area (Å²) in [6.45, 7) is -0.202. The lowest BCUT2D eigenvalue weighted by Crippen LogP contribution is -2.39. The Morgan fingerprint density at radius 3 is 2.83 bits per heavy atom. The zero-order valence-corrected chi connectivity index (χ0v) is 16.1. The maximum atomic E-state index is 12.5. The molecule has 2 fully saturated rings. The van der Waals surface area contributed by atoms with Gasteiger partial charge in [-0.25, -0.2) is 19.5 Å². The van der Waals surface area contributed by atoms with E-state index in [0.29, 0.717) is 11.2 Å². The van der Waals surface area contributed by atoms with E-state index in [4.69, 9.17) is 13.8 Å². The highest BCUT2D eigenvalue weighted by Gasteiger charge is 2.52. The molecule has 5 atom stereocenters. The van der Waals surface area contributed by atoms with Crippen molar-refractivity contribution in [3.63, 3.8) is 0 Å². The van der Waals surface area contributed by atoms with E-state index in [9.17, 15) is 19.4 Å². The molecule has 2 aliphatic rings. The number of carbonyl (C=O) groups excluding carboxylic acids is 1. The van der Waals surface area contributed by atoms with E-state index >= 15 is 0 Å². The van der Waals surface area contributed by atoms with Gasteiger partial charge in [-0.3, -0.25) is 18.4 Å². The Balaban J connectivity index is 1.44. The van der Waals surface area contributed by atoms with Crippen LogP contribution in [0.1, 0.15) is 16.6 Å². The van der Waals surface area contributed by atoms with Gasteiger partial charge in [0, 0.05) is 5.56 Å². The van der Waals surface area contributed by atoms with Crippen LogP contribution < -0.4 is 5.32 Å². The molecule has 4 heterocycles. The summed E-state index contributed by atoms with van der Waals surface area (Å²) in [5.74, 6) is -0.172. The number of amides is 1. The zero-order valence-electron chi connectivity index (χ0n) is 15.2. The molecule has 12 nitrogen and oxygen atoms in total. The summed E-state index contributed by atoms with van der Waals surface area (Å²) in [5, 5.41) is 13.3. The number of imidazole rings is 1. The van der Waals surface area contributed by atoms with Crippen molar-refractivity contribution in [3.05, 3.63) is 48.5 Å². The number of phosphoric acid groups is 1. The van der Waals surface area contributed by atoms with Crippen molar-refractivity contribution in [3.8, 4) is 0 Å². The Hall–Kier alpha value is -2.73. The molecular formula is C17H16N5O7P. The van der Waals surface area contributed by atoms with Crippen molar-refractivity contribution >= 4 is 30.7 Å². The predicted octanol–water partition coefficient (Wildman–Crippen LogP) is 0.853. The van der Waals surface area contributed by atoms with E-state index in [0.717, 1.165) is 0 Å². The van der Waals surface area contributed by atoms with Crippen molar-refractivity contribution in [2.24, 2.45) is 0 Å². The average Bonchev–Trinajstić information content (AvgIpc) is 3.30. The quantitative estimate of drug-likeness (QED) is 0.506. The highest BCUT2D eigenvalue weighted by Crippen LogP contribution is 2.52. The van der Waals surface area contributed by atoms with Crippen LogP contribution in [0.2, 0.25) is 0 Å². The SMILES string of the molecule is O=C(Nc1ncnc2c1ncn2[C@@H]1O[C@@H]2COP(=O)(O)OC2[C@@H]1O)c1ccccc1. The molecule has 3 aromatic rings. The maximum Gasteiger partial charge on any atom is 0.472 e. The van der Waals surface area contributed by atoms with Gasteiger partial charge in [-0.2, -0.15) is 0 Å². The number of anilines is 1. The number of benzene rings is 1. The number of ether oxygens (including phenoxy) is 1. The molecule has 30 heavy (non-hydrogen) atoms. The number of carbonyl (C=O) groups is 1. The normalized spacial score (nSPS) is 30.9. The molecule has 0 saturated carbocycles. The molecule has 13 heteroatoms. The third kappa shape index (κ3) is 3.29. The van der Waals surface area contributed by atoms with E-state index < -0.39 is 32.4 Å². The Labute approximate surface area is 169 Å². The van der Waals surface area contributed by atoms with E-state index in [-0.39, 0.29) is 23.8 Å². The summed E-state index contributed by atoms with van der Waals surface area (Å²) in [7, 11) is -4.24. The summed E-state index contributed by atoms with van der Waals surface area (Å²) in [6.07, 6.45) is -1.42. The van der Waals surface area contributed by atoms with Crippen LogP contribution in [-0.4, -0.2) is 60.3 Å². The minimum absolute atomic E-state index is 0.192. The van der Waals surface area contributed by atoms with Gasteiger partial charge in [0.05, 0.1) is 12.9 Å². The average molecular weight is 433 g/mol. The minimum Gasteiger partial charge on any atom is -0.386 e. The molecule has 0 spiro atoms. The number of phosphoric ester groups is 1. The van der Waals surface area contributed by atoms with Gasteiger partial charge in [0.15, 0.2) is 23.2 Å². The molecule has 2 saturated heterocycles. The van der Waals surface area contributed by atoms with Crippen LogP contribution in [0, 0.1) is 0 Å². The lowest BCUT2D eigenvalue weighted by Gasteiger charge is -2.27. The van der Waals surface area contributed by atoms with Gasteiger partial charge in [-0.05, 0) is 12.1 Å². The molecule has 2 aromatic heterocycles. The molecule has 1 aromatic carbocycles. The molecule has 156 valence electrons. The Morgan fingerprint density at radius 1 is 1.23 bits per heavy atom. The number of aromatic nitrogens is 4. The highest BCUT2D eigenvalue weighted by atomic mass is 31.2. The van der Waals surface area contributed by atoms with Gasteiger partial charge in [0.25, 0.3) is 5.91 Å². The molecule has 0 bridgehead atoms. The first-order chi connectivity index (χ1) is 14.4. The summed E-state index contributed by atoms with van der Waals surface area (Å²) >= 11 is 0. The number of rotatable bonds is 3. The van der Waals surface area contributed by atoms with Crippen molar-refractivity contribution in [2.75, 3.05) is 11.9 Å². The maximum absolute atomic E-state index is 12.5. The third-order valence-electron chi connectivity index (χ3n) is 4.87. The number of hydrogen-bond acceptors (Lipinski definition) is 9. The molecule has 0 radical (unpaired) electrons. The van der Waals surface area contributed by atoms with Gasteiger partial charge in [0.2, 0.25) is 0 Å². The predicted molar refractivity (Wildman–Crippen MR) is 100 cm³/mol. The van der Waals surface area contributed by atoms with E-state index in [2.05, 4.69) is 20.3 Å².